The minimum atomic E-state index is -0.337. The number of benzene rings is 2. The standard InChI is InChI=1S/C21H25N5O3/c1-24-18-12-16(23-20(27)22-14-6-8-15(29-3)9-7-14)17(26-10-4-5-11-26)13-19(18)25(2)21(24)28/h6-9,12-13H,4-5,10-11H2,1-3H3,(H2,22,23,27). The molecule has 1 aliphatic rings. The minimum absolute atomic E-state index is 0.0905. The molecule has 0 saturated carbocycles. The average Bonchev–Trinajstić information content (AvgIpc) is 3.32. The molecule has 1 saturated heterocycles. The number of nitrogens with zero attached hydrogens (tertiary/aromatic N) is 3. The zero-order valence-corrected chi connectivity index (χ0v) is 16.9. The lowest BCUT2D eigenvalue weighted by molar-refractivity contribution is 0.262. The number of carbonyl (C=O) groups is 1. The van der Waals surface area contributed by atoms with Crippen LogP contribution in [0.3, 0.4) is 0 Å². The predicted octanol–water partition coefficient (Wildman–Crippen LogP) is 3.13. The number of imidazole rings is 1. The van der Waals surface area contributed by atoms with Crippen LogP contribution in [0.25, 0.3) is 11.0 Å². The number of ether oxygens (including phenoxy) is 1. The van der Waals surface area contributed by atoms with Crippen molar-refractivity contribution in [3.63, 3.8) is 0 Å². The molecule has 1 fully saturated rings. The Labute approximate surface area is 168 Å². The van der Waals surface area contributed by atoms with Crippen LogP contribution in [-0.4, -0.2) is 35.4 Å². The van der Waals surface area contributed by atoms with Crippen LogP contribution in [0, 0.1) is 0 Å². The van der Waals surface area contributed by atoms with Crippen LogP contribution in [-0.2, 0) is 14.1 Å². The number of hydrogen-bond acceptors (Lipinski definition) is 4. The molecule has 0 aliphatic carbocycles. The lowest BCUT2D eigenvalue weighted by Gasteiger charge is -2.22. The number of urea groups is 1. The summed E-state index contributed by atoms with van der Waals surface area (Å²) in [4.78, 5) is 27.3. The molecular formula is C21H25N5O3. The summed E-state index contributed by atoms with van der Waals surface area (Å²) in [6.45, 7) is 1.86. The second-order valence-corrected chi connectivity index (χ2v) is 7.26. The van der Waals surface area contributed by atoms with E-state index in [4.69, 9.17) is 4.74 Å². The molecular weight excluding hydrogens is 370 g/mol. The molecule has 0 atom stereocenters. The molecule has 3 aromatic rings. The fraction of sp³-hybridized carbons (Fsp3) is 0.333. The number of amides is 2. The van der Waals surface area contributed by atoms with Gasteiger partial charge < -0.3 is 20.3 Å². The van der Waals surface area contributed by atoms with Crippen molar-refractivity contribution >= 4 is 34.1 Å². The first kappa shape index (κ1) is 18.9. The number of anilines is 3. The van der Waals surface area contributed by atoms with Crippen molar-refractivity contribution in [3.05, 3.63) is 46.9 Å². The number of nitrogens with one attached hydrogen (secondary N) is 2. The van der Waals surface area contributed by atoms with Gasteiger partial charge in [-0.3, -0.25) is 9.13 Å². The Balaban J connectivity index is 1.67. The molecule has 0 radical (unpaired) electrons. The van der Waals surface area contributed by atoms with Crippen LogP contribution in [0.4, 0.5) is 21.9 Å². The van der Waals surface area contributed by atoms with Crippen molar-refractivity contribution in [2.75, 3.05) is 35.7 Å². The minimum Gasteiger partial charge on any atom is -0.497 e. The molecule has 1 aromatic heterocycles. The molecule has 4 rings (SSSR count). The summed E-state index contributed by atoms with van der Waals surface area (Å²) in [5.74, 6) is 0.725. The number of methoxy groups -OCH3 is 1. The van der Waals surface area contributed by atoms with Gasteiger partial charge >= 0.3 is 11.7 Å². The number of aromatic nitrogens is 2. The maximum atomic E-state index is 12.7. The van der Waals surface area contributed by atoms with Gasteiger partial charge in [-0.2, -0.15) is 0 Å². The van der Waals surface area contributed by atoms with E-state index in [9.17, 15) is 9.59 Å². The number of rotatable bonds is 4. The van der Waals surface area contributed by atoms with E-state index in [0.29, 0.717) is 11.4 Å². The Hall–Kier alpha value is -3.42. The Bertz CT molecular complexity index is 1110. The van der Waals surface area contributed by atoms with Crippen molar-refractivity contribution in [3.8, 4) is 5.75 Å². The summed E-state index contributed by atoms with van der Waals surface area (Å²) in [7, 11) is 5.10. The zero-order valence-electron chi connectivity index (χ0n) is 16.9. The van der Waals surface area contributed by atoms with Gasteiger partial charge in [0, 0.05) is 32.9 Å². The van der Waals surface area contributed by atoms with Crippen LogP contribution in [0.2, 0.25) is 0 Å². The summed E-state index contributed by atoms with van der Waals surface area (Å²) >= 11 is 0. The second kappa shape index (κ2) is 7.54. The van der Waals surface area contributed by atoms with Gasteiger partial charge in [-0.1, -0.05) is 0 Å². The van der Waals surface area contributed by atoms with E-state index < -0.39 is 0 Å². The van der Waals surface area contributed by atoms with Gasteiger partial charge in [0.1, 0.15) is 5.75 Å². The van der Waals surface area contributed by atoms with Gasteiger partial charge in [0.05, 0.1) is 29.5 Å². The van der Waals surface area contributed by atoms with Crippen molar-refractivity contribution in [1.82, 2.24) is 9.13 Å². The number of carbonyl (C=O) groups excluding carboxylic acids is 1. The highest BCUT2D eigenvalue weighted by atomic mass is 16.5. The van der Waals surface area contributed by atoms with Gasteiger partial charge in [-0.05, 0) is 49.2 Å². The molecule has 0 unspecified atom stereocenters. The zero-order chi connectivity index (χ0) is 20.5. The van der Waals surface area contributed by atoms with Crippen LogP contribution >= 0.6 is 0 Å². The third-order valence-corrected chi connectivity index (χ3v) is 5.43. The molecule has 8 nitrogen and oxygen atoms in total. The van der Waals surface area contributed by atoms with E-state index in [2.05, 4.69) is 15.5 Å². The third kappa shape index (κ3) is 3.53. The lowest BCUT2D eigenvalue weighted by Crippen LogP contribution is -2.24. The number of fused-ring (bicyclic) bond motifs is 1. The van der Waals surface area contributed by atoms with Gasteiger partial charge in [-0.15, -0.1) is 0 Å². The highest BCUT2D eigenvalue weighted by Gasteiger charge is 2.20. The van der Waals surface area contributed by atoms with Crippen LogP contribution < -0.4 is 26.0 Å². The second-order valence-electron chi connectivity index (χ2n) is 7.26. The summed E-state index contributed by atoms with van der Waals surface area (Å²) < 4.78 is 8.37. The fourth-order valence-electron chi connectivity index (χ4n) is 3.81. The van der Waals surface area contributed by atoms with E-state index in [1.54, 1.807) is 54.6 Å². The quantitative estimate of drug-likeness (QED) is 0.711. The SMILES string of the molecule is COc1ccc(NC(=O)Nc2cc3c(cc2N2CCCC2)n(C)c(=O)n3C)cc1. The van der Waals surface area contributed by atoms with E-state index in [0.717, 1.165) is 48.4 Å². The maximum Gasteiger partial charge on any atom is 0.328 e. The smallest absolute Gasteiger partial charge is 0.328 e. The Morgan fingerprint density at radius 3 is 2.21 bits per heavy atom. The summed E-state index contributed by atoms with van der Waals surface area (Å²) in [6.07, 6.45) is 2.23. The third-order valence-electron chi connectivity index (χ3n) is 5.43. The topological polar surface area (TPSA) is 80.5 Å². The average molecular weight is 395 g/mol. The monoisotopic (exact) mass is 395 g/mol. The Kier molecular flexibility index (Phi) is 4.92. The lowest BCUT2D eigenvalue weighted by atomic mass is 10.2. The normalized spacial score (nSPS) is 13.7. The van der Waals surface area contributed by atoms with E-state index >= 15 is 0 Å². The molecule has 152 valence electrons. The van der Waals surface area contributed by atoms with Crippen LogP contribution in [0.15, 0.2) is 41.2 Å². The van der Waals surface area contributed by atoms with Crippen molar-refractivity contribution in [2.45, 2.75) is 12.8 Å². The molecule has 0 bridgehead atoms. The van der Waals surface area contributed by atoms with E-state index in [1.807, 2.05) is 12.1 Å². The van der Waals surface area contributed by atoms with Gasteiger partial charge in [0.2, 0.25) is 0 Å². The van der Waals surface area contributed by atoms with Crippen molar-refractivity contribution in [2.24, 2.45) is 14.1 Å². The summed E-state index contributed by atoms with van der Waals surface area (Å²) in [6, 6.07) is 10.7. The molecule has 0 spiro atoms. The largest absolute Gasteiger partial charge is 0.497 e. The van der Waals surface area contributed by atoms with E-state index in [1.165, 1.54) is 0 Å². The first-order valence-corrected chi connectivity index (χ1v) is 9.64. The van der Waals surface area contributed by atoms with Crippen molar-refractivity contribution in [1.29, 1.82) is 0 Å². The number of hydrogen-bond donors (Lipinski definition) is 2. The molecule has 2 amide bonds. The Morgan fingerprint density at radius 2 is 1.59 bits per heavy atom. The fourth-order valence-corrected chi connectivity index (χ4v) is 3.81. The highest BCUT2D eigenvalue weighted by molar-refractivity contribution is 6.04. The molecule has 8 heteroatoms. The molecule has 2 aromatic carbocycles. The van der Waals surface area contributed by atoms with Crippen molar-refractivity contribution < 1.29 is 9.53 Å². The predicted molar refractivity (Wildman–Crippen MR) is 115 cm³/mol. The van der Waals surface area contributed by atoms with Crippen LogP contribution in [0.1, 0.15) is 12.8 Å². The molecule has 29 heavy (non-hydrogen) atoms. The molecule has 2 heterocycles. The van der Waals surface area contributed by atoms with Crippen LogP contribution in [0.5, 0.6) is 5.75 Å². The van der Waals surface area contributed by atoms with E-state index in [-0.39, 0.29) is 11.7 Å². The van der Waals surface area contributed by atoms with Gasteiger partial charge in [0.15, 0.2) is 0 Å². The number of aryl methyl sites for hydroxylation is 2. The molecule has 1 aliphatic heterocycles. The van der Waals surface area contributed by atoms with Gasteiger partial charge in [0.25, 0.3) is 0 Å². The summed E-state index contributed by atoms with van der Waals surface area (Å²) in [5.41, 5.74) is 3.82. The van der Waals surface area contributed by atoms with Gasteiger partial charge in [-0.25, -0.2) is 9.59 Å². The summed E-state index contributed by atoms with van der Waals surface area (Å²) in [5, 5.41) is 5.81. The first-order chi connectivity index (χ1) is 14.0. The Morgan fingerprint density at radius 1 is 0.966 bits per heavy atom. The highest BCUT2D eigenvalue weighted by Crippen LogP contribution is 2.33. The molecule has 2 N–H and O–H groups in total. The maximum absolute atomic E-state index is 12.7. The first-order valence-electron chi connectivity index (χ1n) is 9.64.